The number of rotatable bonds is 12. The van der Waals surface area contributed by atoms with Crippen molar-refractivity contribution in [2.45, 2.75) is 19.8 Å². The van der Waals surface area contributed by atoms with Crippen molar-refractivity contribution in [3.63, 3.8) is 0 Å². The molecular weight excluding hydrogens is 382 g/mol. The van der Waals surface area contributed by atoms with E-state index in [0.717, 1.165) is 11.3 Å². The highest BCUT2D eigenvalue weighted by Gasteiger charge is 2.06. The second-order valence-electron chi connectivity index (χ2n) is 6.96. The SMILES string of the molecule is CCOCCOc1cccc(NC(=O)CNc2cccc(CCC(=O)N(C)C)c2)c1. The molecule has 2 aromatic carbocycles. The molecule has 0 heterocycles. The van der Waals surface area contributed by atoms with E-state index < -0.39 is 0 Å². The number of carbonyl (C=O) groups is 2. The minimum Gasteiger partial charge on any atom is -0.491 e. The summed E-state index contributed by atoms with van der Waals surface area (Å²) in [5.74, 6) is 0.618. The Kier molecular flexibility index (Phi) is 9.67. The molecule has 7 heteroatoms. The molecule has 2 N–H and O–H groups in total. The van der Waals surface area contributed by atoms with Crippen molar-refractivity contribution in [3.05, 3.63) is 54.1 Å². The molecule has 0 fully saturated rings. The van der Waals surface area contributed by atoms with Crippen molar-refractivity contribution < 1.29 is 19.1 Å². The molecule has 0 radical (unpaired) electrons. The third kappa shape index (κ3) is 8.53. The number of nitrogens with one attached hydrogen (secondary N) is 2. The van der Waals surface area contributed by atoms with Gasteiger partial charge >= 0.3 is 0 Å². The minimum absolute atomic E-state index is 0.0943. The van der Waals surface area contributed by atoms with Gasteiger partial charge in [0.05, 0.1) is 13.2 Å². The van der Waals surface area contributed by atoms with Crippen LogP contribution >= 0.6 is 0 Å². The first-order chi connectivity index (χ1) is 14.5. The fourth-order valence-electron chi connectivity index (χ4n) is 2.73. The van der Waals surface area contributed by atoms with E-state index in [1.807, 2.05) is 49.4 Å². The molecule has 7 nitrogen and oxygen atoms in total. The number of hydrogen-bond acceptors (Lipinski definition) is 5. The molecule has 162 valence electrons. The van der Waals surface area contributed by atoms with Gasteiger partial charge in [0.25, 0.3) is 0 Å². The summed E-state index contributed by atoms with van der Waals surface area (Å²) in [6, 6.07) is 15.0. The molecule has 0 aliphatic heterocycles. The zero-order chi connectivity index (χ0) is 21.8. The van der Waals surface area contributed by atoms with Gasteiger partial charge in [0, 0.05) is 44.6 Å². The summed E-state index contributed by atoms with van der Waals surface area (Å²) in [4.78, 5) is 25.6. The van der Waals surface area contributed by atoms with Crippen molar-refractivity contribution in [1.82, 2.24) is 4.90 Å². The summed E-state index contributed by atoms with van der Waals surface area (Å²) in [6.07, 6.45) is 1.12. The summed E-state index contributed by atoms with van der Waals surface area (Å²) < 4.78 is 10.9. The van der Waals surface area contributed by atoms with Crippen LogP contribution < -0.4 is 15.4 Å². The van der Waals surface area contributed by atoms with Gasteiger partial charge in [0.15, 0.2) is 0 Å². The lowest BCUT2D eigenvalue weighted by Gasteiger charge is -2.12. The van der Waals surface area contributed by atoms with Gasteiger partial charge in [-0.15, -0.1) is 0 Å². The summed E-state index contributed by atoms with van der Waals surface area (Å²) >= 11 is 0. The molecule has 30 heavy (non-hydrogen) atoms. The quantitative estimate of drug-likeness (QED) is 0.523. The maximum absolute atomic E-state index is 12.3. The monoisotopic (exact) mass is 413 g/mol. The molecule has 0 spiro atoms. The van der Waals surface area contributed by atoms with Gasteiger partial charge in [-0.05, 0) is 43.2 Å². The van der Waals surface area contributed by atoms with Gasteiger partial charge in [-0.3, -0.25) is 9.59 Å². The van der Waals surface area contributed by atoms with Gasteiger partial charge in [0.2, 0.25) is 11.8 Å². The van der Waals surface area contributed by atoms with Gasteiger partial charge in [-0.1, -0.05) is 18.2 Å². The highest BCUT2D eigenvalue weighted by Crippen LogP contribution is 2.17. The molecule has 0 aromatic heterocycles. The Hall–Kier alpha value is -3.06. The Morgan fingerprint density at radius 3 is 2.53 bits per heavy atom. The molecule has 0 atom stereocenters. The number of anilines is 2. The van der Waals surface area contributed by atoms with Gasteiger partial charge in [-0.25, -0.2) is 0 Å². The maximum Gasteiger partial charge on any atom is 0.243 e. The first-order valence-corrected chi connectivity index (χ1v) is 10.1. The second-order valence-corrected chi connectivity index (χ2v) is 6.96. The molecule has 0 aliphatic carbocycles. The highest BCUT2D eigenvalue weighted by molar-refractivity contribution is 5.93. The lowest BCUT2D eigenvalue weighted by molar-refractivity contribution is -0.128. The van der Waals surface area contributed by atoms with Crippen LogP contribution in [0.5, 0.6) is 5.75 Å². The molecule has 0 unspecified atom stereocenters. The van der Waals surface area contributed by atoms with E-state index in [4.69, 9.17) is 9.47 Å². The van der Waals surface area contributed by atoms with Gasteiger partial charge < -0.3 is 25.0 Å². The number of carbonyl (C=O) groups excluding carboxylic acids is 2. The van der Waals surface area contributed by atoms with Gasteiger partial charge in [-0.2, -0.15) is 0 Å². The largest absolute Gasteiger partial charge is 0.491 e. The summed E-state index contributed by atoms with van der Waals surface area (Å²) in [5, 5.41) is 5.98. The average Bonchev–Trinajstić information content (AvgIpc) is 2.74. The number of aryl methyl sites for hydroxylation is 1. The normalized spacial score (nSPS) is 10.4. The minimum atomic E-state index is -0.158. The van der Waals surface area contributed by atoms with E-state index in [0.29, 0.717) is 44.1 Å². The standard InChI is InChI=1S/C23H31N3O4/c1-4-29-13-14-30-21-10-6-9-20(16-21)25-22(27)17-24-19-8-5-7-18(15-19)11-12-23(28)26(2)3/h5-10,15-16,24H,4,11-14,17H2,1-3H3,(H,25,27). The van der Waals surface area contributed by atoms with Crippen molar-refractivity contribution in [1.29, 1.82) is 0 Å². The lowest BCUT2D eigenvalue weighted by Crippen LogP contribution is -2.22. The van der Waals surface area contributed by atoms with Crippen LogP contribution in [-0.4, -0.2) is 57.2 Å². The molecule has 2 amide bonds. The topological polar surface area (TPSA) is 79.9 Å². The first-order valence-electron chi connectivity index (χ1n) is 10.1. The van der Waals surface area contributed by atoms with E-state index in [1.54, 1.807) is 25.1 Å². The first kappa shape index (κ1) is 23.2. The van der Waals surface area contributed by atoms with Crippen molar-refractivity contribution in [3.8, 4) is 5.75 Å². The number of ether oxygens (including phenoxy) is 2. The van der Waals surface area contributed by atoms with Crippen LogP contribution in [0.4, 0.5) is 11.4 Å². The van der Waals surface area contributed by atoms with Crippen LogP contribution in [0.2, 0.25) is 0 Å². The molecular formula is C23H31N3O4. The van der Waals surface area contributed by atoms with Crippen LogP contribution in [0.3, 0.4) is 0 Å². The average molecular weight is 414 g/mol. The number of amides is 2. The zero-order valence-corrected chi connectivity index (χ0v) is 17.9. The predicted molar refractivity (Wildman–Crippen MR) is 119 cm³/mol. The Balaban J connectivity index is 1.80. The Bertz CT molecular complexity index is 824. The van der Waals surface area contributed by atoms with Crippen LogP contribution in [0, 0.1) is 0 Å². The third-order valence-electron chi connectivity index (χ3n) is 4.32. The Labute approximate surface area is 178 Å². The Morgan fingerprint density at radius 1 is 1.00 bits per heavy atom. The van der Waals surface area contributed by atoms with Crippen molar-refractivity contribution in [2.75, 3.05) is 51.1 Å². The highest BCUT2D eigenvalue weighted by atomic mass is 16.5. The molecule has 0 saturated carbocycles. The van der Waals surface area contributed by atoms with E-state index in [1.165, 1.54) is 0 Å². The smallest absolute Gasteiger partial charge is 0.243 e. The lowest BCUT2D eigenvalue weighted by atomic mass is 10.1. The predicted octanol–water partition coefficient (Wildman–Crippen LogP) is 3.17. The van der Waals surface area contributed by atoms with E-state index in [-0.39, 0.29) is 18.4 Å². The van der Waals surface area contributed by atoms with Gasteiger partial charge in [0.1, 0.15) is 12.4 Å². The number of benzene rings is 2. The fourth-order valence-corrected chi connectivity index (χ4v) is 2.73. The fraction of sp³-hybridized carbons (Fsp3) is 0.391. The van der Waals surface area contributed by atoms with E-state index >= 15 is 0 Å². The summed E-state index contributed by atoms with van der Waals surface area (Å²) in [5.41, 5.74) is 2.56. The zero-order valence-electron chi connectivity index (χ0n) is 17.9. The van der Waals surface area contributed by atoms with E-state index in [2.05, 4.69) is 10.6 Å². The van der Waals surface area contributed by atoms with Crippen LogP contribution in [0.25, 0.3) is 0 Å². The van der Waals surface area contributed by atoms with Crippen molar-refractivity contribution in [2.24, 2.45) is 0 Å². The number of hydrogen-bond donors (Lipinski definition) is 2. The number of nitrogens with zero attached hydrogens (tertiary/aromatic N) is 1. The van der Waals surface area contributed by atoms with Crippen LogP contribution in [0.15, 0.2) is 48.5 Å². The molecule has 2 aromatic rings. The van der Waals surface area contributed by atoms with Crippen LogP contribution in [0.1, 0.15) is 18.9 Å². The summed E-state index contributed by atoms with van der Waals surface area (Å²) in [7, 11) is 3.50. The Morgan fingerprint density at radius 2 is 1.77 bits per heavy atom. The third-order valence-corrected chi connectivity index (χ3v) is 4.32. The second kappa shape index (κ2) is 12.5. The van der Waals surface area contributed by atoms with Crippen LogP contribution in [-0.2, 0) is 20.7 Å². The molecule has 0 aliphatic rings. The maximum atomic E-state index is 12.3. The summed E-state index contributed by atoms with van der Waals surface area (Å²) in [6.45, 7) is 3.72. The van der Waals surface area contributed by atoms with Crippen molar-refractivity contribution >= 4 is 23.2 Å². The van der Waals surface area contributed by atoms with E-state index in [9.17, 15) is 9.59 Å². The molecule has 0 bridgehead atoms. The molecule has 0 saturated heterocycles. The molecule has 2 rings (SSSR count).